The second-order valence-electron chi connectivity index (χ2n) is 6.31. The number of rotatable bonds is 4. The van der Waals surface area contributed by atoms with E-state index in [1.807, 2.05) is 29.6 Å². The second kappa shape index (κ2) is 7.64. The number of hydrogen-bond acceptors (Lipinski definition) is 3. The van der Waals surface area contributed by atoms with Crippen molar-refractivity contribution in [3.8, 4) is 0 Å². The highest BCUT2D eigenvalue weighted by molar-refractivity contribution is 9.10. The summed E-state index contributed by atoms with van der Waals surface area (Å²) in [5, 5.41) is 11.6. The van der Waals surface area contributed by atoms with E-state index < -0.39 is 11.7 Å². The van der Waals surface area contributed by atoms with Crippen molar-refractivity contribution >= 4 is 49.9 Å². The lowest BCUT2D eigenvalue weighted by Crippen LogP contribution is -2.12. The number of benzene rings is 2. The van der Waals surface area contributed by atoms with Crippen LogP contribution in [0.4, 0.5) is 19.0 Å². The van der Waals surface area contributed by atoms with Gasteiger partial charge in [-0.2, -0.15) is 29.6 Å². The van der Waals surface area contributed by atoms with Crippen LogP contribution in [0.1, 0.15) is 21.5 Å². The Morgan fingerprint density at radius 1 is 1.10 bits per heavy atom. The molecule has 2 heterocycles. The predicted octanol–water partition coefficient (Wildman–Crippen LogP) is 6.18. The summed E-state index contributed by atoms with van der Waals surface area (Å²) in [6, 6.07) is 12.3. The molecule has 0 atom stereocenters. The summed E-state index contributed by atoms with van der Waals surface area (Å²) in [5.74, 6) is 0.110. The first-order chi connectivity index (χ1) is 13.8. The van der Waals surface area contributed by atoms with Gasteiger partial charge in [0.05, 0.1) is 23.2 Å². The Morgan fingerprint density at radius 3 is 2.48 bits per heavy atom. The molecular formula is C20H13BrF3N3OS. The number of amides is 1. The first kappa shape index (κ1) is 19.7. The van der Waals surface area contributed by atoms with E-state index >= 15 is 0 Å². The molecule has 0 unspecified atom stereocenters. The maximum atomic E-state index is 12.8. The smallest absolute Gasteiger partial charge is 0.304 e. The molecule has 0 saturated carbocycles. The van der Waals surface area contributed by atoms with Crippen molar-refractivity contribution in [2.24, 2.45) is 0 Å². The van der Waals surface area contributed by atoms with Gasteiger partial charge >= 0.3 is 6.18 Å². The molecule has 0 fully saturated rings. The maximum Gasteiger partial charge on any atom is 0.416 e. The van der Waals surface area contributed by atoms with E-state index in [4.69, 9.17) is 0 Å². The molecule has 0 saturated heterocycles. The van der Waals surface area contributed by atoms with E-state index in [1.165, 1.54) is 23.5 Å². The number of para-hydroxylation sites is 1. The van der Waals surface area contributed by atoms with Crippen molar-refractivity contribution in [3.63, 3.8) is 0 Å². The van der Waals surface area contributed by atoms with E-state index in [0.29, 0.717) is 21.4 Å². The van der Waals surface area contributed by atoms with Gasteiger partial charge in [-0.15, -0.1) is 0 Å². The highest BCUT2D eigenvalue weighted by Crippen LogP contribution is 2.30. The Labute approximate surface area is 176 Å². The first-order valence-corrected chi connectivity index (χ1v) is 10.2. The summed E-state index contributed by atoms with van der Waals surface area (Å²) in [4.78, 5) is 12.5. The third-order valence-corrected chi connectivity index (χ3v) is 6.07. The van der Waals surface area contributed by atoms with Crippen molar-refractivity contribution in [2.75, 3.05) is 5.32 Å². The SMILES string of the molecule is O=C(Nc1nn(Cc2ccc(C(F)(F)F)cc2)c2ccccc12)c1cscc1Br. The molecule has 148 valence electrons. The van der Waals surface area contributed by atoms with Crippen LogP contribution < -0.4 is 5.32 Å². The largest absolute Gasteiger partial charge is 0.416 e. The molecule has 2 aromatic heterocycles. The van der Waals surface area contributed by atoms with Crippen LogP contribution in [0.5, 0.6) is 0 Å². The van der Waals surface area contributed by atoms with Crippen molar-refractivity contribution in [1.82, 2.24) is 9.78 Å². The summed E-state index contributed by atoms with van der Waals surface area (Å²) in [6.07, 6.45) is -4.37. The lowest BCUT2D eigenvalue weighted by atomic mass is 10.1. The fraction of sp³-hybridized carbons (Fsp3) is 0.100. The molecule has 2 aromatic carbocycles. The van der Waals surface area contributed by atoms with Gasteiger partial charge in [-0.25, -0.2) is 0 Å². The molecule has 1 N–H and O–H groups in total. The Morgan fingerprint density at radius 2 is 1.83 bits per heavy atom. The summed E-state index contributed by atoms with van der Waals surface area (Å²) in [6.45, 7) is 0.274. The van der Waals surface area contributed by atoms with Crippen LogP contribution in [-0.4, -0.2) is 15.7 Å². The molecular weight excluding hydrogens is 467 g/mol. The van der Waals surface area contributed by atoms with Crippen LogP contribution in [0.15, 0.2) is 63.8 Å². The van der Waals surface area contributed by atoms with E-state index in [1.54, 1.807) is 10.1 Å². The van der Waals surface area contributed by atoms with Crippen LogP contribution in [0.25, 0.3) is 10.9 Å². The average molecular weight is 480 g/mol. The minimum atomic E-state index is -4.37. The summed E-state index contributed by atoms with van der Waals surface area (Å²) >= 11 is 4.75. The number of alkyl halides is 3. The molecule has 4 nitrogen and oxygen atoms in total. The van der Waals surface area contributed by atoms with Gasteiger partial charge in [0, 0.05) is 20.6 Å². The summed E-state index contributed by atoms with van der Waals surface area (Å²) in [5.41, 5.74) is 1.26. The molecule has 0 aliphatic heterocycles. The number of carbonyl (C=O) groups excluding carboxylic acids is 1. The molecule has 0 spiro atoms. The van der Waals surface area contributed by atoms with Crippen LogP contribution >= 0.6 is 27.3 Å². The van der Waals surface area contributed by atoms with Gasteiger partial charge in [-0.1, -0.05) is 24.3 Å². The topological polar surface area (TPSA) is 46.9 Å². The Hall–Kier alpha value is -2.65. The first-order valence-electron chi connectivity index (χ1n) is 8.47. The Bertz CT molecular complexity index is 1180. The molecule has 4 rings (SSSR count). The fourth-order valence-corrected chi connectivity index (χ4v) is 4.39. The number of aromatic nitrogens is 2. The molecule has 9 heteroatoms. The van der Waals surface area contributed by atoms with Gasteiger partial charge in [0.15, 0.2) is 5.82 Å². The molecule has 0 aliphatic rings. The molecule has 1 amide bonds. The van der Waals surface area contributed by atoms with E-state index in [2.05, 4.69) is 26.3 Å². The van der Waals surface area contributed by atoms with Gasteiger partial charge in [0.2, 0.25) is 0 Å². The molecule has 4 aromatic rings. The predicted molar refractivity (Wildman–Crippen MR) is 110 cm³/mol. The third kappa shape index (κ3) is 4.06. The van der Waals surface area contributed by atoms with E-state index in [9.17, 15) is 18.0 Å². The lowest BCUT2D eigenvalue weighted by molar-refractivity contribution is -0.137. The van der Waals surface area contributed by atoms with Crippen molar-refractivity contribution < 1.29 is 18.0 Å². The van der Waals surface area contributed by atoms with Crippen LogP contribution in [0.2, 0.25) is 0 Å². The zero-order valence-electron chi connectivity index (χ0n) is 14.7. The Balaban J connectivity index is 1.64. The second-order valence-corrected chi connectivity index (χ2v) is 7.90. The van der Waals surface area contributed by atoms with Crippen LogP contribution in [0, 0.1) is 0 Å². The number of halogens is 4. The zero-order chi connectivity index (χ0) is 20.6. The highest BCUT2D eigenvalue weighted by atomic mass is 79.9. The van der Waals surface area contributed by atoms with Crippen LogP contribution in [0.3, 0.4) is 0 Å². The van der Waals surface area contributed by atoms with Crippen molar-refractivity contribution in [1.29, 1.82) is 0 Å². The number of nitrogens with zero attached hydrogens (tertiary/aromatic N) is 2. The number of carbonyl (C=O) groups is 1. The molecule has 29 heavy (non-hydrogen) atoms. The van der Waals surface area contributed by atoms with Gasteiger partial charge in [0.1, 0.15) is 0 Å². The highest BCUT2D eigenvalue weighted by Gasteiger charge is 2.30. The summed E-state index contributed by atoms with van der Waals surface area (Å²) < 4.78 is 40.7. The number of nitrogens with one attached hydrogen (secondary N) is 1. The van der Waals surface area contributed by atoms with Gasteiger partial charge in [0.25, 0.3) is 5.91 Å². The van der Waals surface area contributed by atoms with E-state index in [-0.39, 0.29) is 12.5 Å². The van der Waals surface area contributed by atoms with E-state index in [0.717, 1.165) is 23.0 Å². The van der Waals surface area contributed by atoms with Crippen LogP contribution in [-0.2, 0) is 12.7 Å². The van der Waals surface area contributed by atoms with Crippen molar-refractivity contribution in [2.45, 2.75) is 12.7 Å². The molecule has 0 radical (unpaired) electrons. The standard InChI is InChI=1S/C20H13BrF3N3OS/c21-16-11-29-10-15(16)19(28)25-18-14-3-1-2-4-17(14)27(26-18)9-12-5-7-13(8-6-12)20(22,23)24/h1-8,10-11H,9H2,(H,25,26,28). The van der Waals surface area contributed by atoms with Gasteiger partial charge in [-0.3, -0.25) is 9.48 Å². The third-order valence-electron chi connectivity index (χ3n) is 4.36. The van der Waals surface area contributed by atoms with Crippen molar-refractivity contribution in [3.05, 3.63) is 80.5 Å². The zero-order valence-corrected chi connectivity index (χ0v) is 17.1. The van der Waals surface area contributed by atoms with Gasteiger partial charge < -0.3 is 5.32 Å². The quantitative estimate of drug-likeness (QED) is 0.379. The minimum absolute atomic E-state index is 0.274. The molecule has 0 aliphatic carbocycles. The normalized spacial score (nSPS) is 11.7. The lowest BCUT2D eigenvalue weighted by Gasteiger charge is -2.08. The number of hydrogen-bond donors (Lipinski definition) is 1. The number of fused-ring (bicyclic) bond motifs is 1. The fourth-order valence-electron chi connectivity index (χ4n) is 2.93. The van der Waals surface area contributed by atoms with Gasteiger partial charge in [-0.05, 0) is 45.8 Å². The monoisotopic (exact) mass is 479 g/mol. The maximum absolute atomic E-state index is 12.8. The minimum Gasteiger partial charge on any atom is -0.304 e. The number of thiophene rings is 1. The average Bonchev–Trinajstić information content (AvgIpc) is 3.26. The Kier molecular flexibility index (Phi) is 5.18. The number of anilines is 1. The molecule has 0 bridgehead atoms. The summed E-state index contributed by atoms with van der Waals surface area (Å²) in [7, 11) is 0.